The Morgan fingerprint density at radius 3 is 1.62 bits per heavy atom. The fourth-order valence-electron chi connectivity index (χ4n) is 6.00. The topological polar surface area (TPSA) is 215 Å². The summed E-state index contributed by atoms with van der Waals surface area (Å²) in [5.74, 6) is 1.23. The van der Waals surface area contributed by atoms with Crippen molar-refractivity contribution in [2.45, 2.75) is 13.8 Å². The molecule has 0 saturated heterocycles. The molecule has 0 unspecified atom stereocenters. The number of pyridine rings is 2. The molecule has 0 spiro atoms. The van der Waals surface area contributed by atoms with Gasteiger partial charge in [0.2, 0.25) is 11.8 Å². The number of aromatic nitrogens is 8. The number of carbonyl (C=O) groups excluding carboxylic acids is 2. The third-order valence-corrected chi connectivity index (χ3v) is 12.3. The number of carbonyl (C=O) groups is 2. The summed E-state index contributed by atoms with van der Waals surface area (Å²) in [5, 5.41) is 41.0. The third-order valence-electron chi connectivity index (χ3n) is 8.38. The van der Waals surface area contributed by atoms with E-state index in [1.54, 1.807) is 73.1 Å². The van der Waals surface area contributed by atoms with Crippen LogP contribution in [0, 0.1) is 22.7 Å². The average Bonchev–Trinajstić information content (AvgIpc) is 4.04. The zero-order valence-electron chi connectivity index (χ0n) is 31.1. The number of nitriles is 2. The predicted molar refractivity (Wildman–Crippen MR) is 243 cm³/mol. The maximum atomic E-state index is 11.4. The quantitative estimate of drug-likeness (QED) is 0.113. The number of aromatic amines is 2. The second kappa shape index (κ2) is 18.7. The Morgan fingerprint density at radius 1 is 0.689 bits per heavy atom. The van der Waals surface area contributed by atoms with Crippen LogP contribution < -0.4 is 10.6 Å². The van der Waals surface area contributed by atoms with Crippen molar-refractivity contribution in [2.24, 2.45) is 0 Å². The van der Waals surface area contributed by atoms with Gasteiger partial charge in [-0.15, -0.1) is 22.7 Å². The van der Waals surface area contributed by atoms with Gasteiger partial charge in [-0.05, 0) is 75.6 Å². The van der Waals surface area contributed by atoms with Crippen molar-refractivity contribution >= 4 is 108 Å². The molecule has 302 valence electrons. The molecule has 0 aliphatic heterocycles. The standard InChI is InChI=1S/C20H11BrCl2N6OS.C20H12Cl2N6OS/c1-9(30)26-15-6-10(4-5-25-15)17-13(8-24)16(12-3-2-11(22)7-14(12)23)18(31-17)19-27-20(21)29-28-19;1-10(29)27-16-6-11(4-5-24-16)18-14(8-23)17(13-3-2-12(21)7-15(13)22)19(30-18)20-25-9-26-28-20/h2-7H,1H3,(H,25,26,30)(H,27,28,29);2-7,9H,1H3,(H,24,27,29)(H,25,26,28). The molecular formula is C40H23BrCl4N12O2S2. The van der Waals surface area contributed by atoms with Crippen LogP contribution in [-0.2, 0) is 9.59 Å². The molecule has 0 saturated carbocycles. The average molecular weight is 990 g/mol. The molecule has 6 heterocycles. The first kappa shape index (κ1) is 43.1. The van der Waals surface area contributed by atoms with Gasteiger partial charge in [-0.1, -0.05) is 58.5 Å². The van der Waals surface area contributed by atoms with E-state index in [9.17, 15) is 20.1 Å². The first-order valence-corrected chi connectivity index (χ1v) is 21.3. The van der Waals surface area contributed by atoms with Crippen molar-refractivity contribution in [3.63, 3.8) is 0 Å². The number of halogens is 5. The van der Waals surface area contributed by atoms with Gasteiger partial charge in [-0.3, -0.25) is 19.8 Å². The molecule has 4 N–H and O–H groups in total. The molecule has 0 radical (unpaired) electrons. The Hall–Kier alpha value is -6.02. The third kappa shape index (κ3) is 9.49. The second-order valence-electron chi connectivity index (χ2n) is 12.5. The molecule has 0 aliphatic rings. The normalized spacial score (nSPS) is 10.6. The van der Waals surface area contributed by atoms with Gasteiger partial charge in [0.25, 0.3) is 0 Å². The number of hydrogen-bond acceptors (Lipinski definition) is 12. The molecule has 14 nitrogen and oxygen atoms in total. The Morgan fingerprint density at radius 2 is 1.20 bits per heavy atom. The van der Waals surface area contributed by atoms with Crippen molar-refractivity contribution in [2.75, 3.05) is 10.6 Å². The Balaban J connectivity index is 0.000000184. The minimum absolute atomic E-state index is 0.234. The molecule has 61 heavy (non-hydrogen) atoms. The van der Waals surface area contributed by atoms with Gasteiger partial charge in [-0.25, -0.2) is 15.0 Å². The van der Waals surface area contributed by atoms with E-state index in [1.165, 1.54) is 42.8 Å². The maximum Gasteiger partial charge on any atom is 0.222 e. The molecule has 21 heteroatoms. The molecule has 8 aromatic rings. The fraction of sp³-hybridized carbons (Fsp3) is 0.0500. The number of nitrogens with zero attached hydrogens (tertiary/aromatic N) is 8. The van der Waals surface area contributed by atoms with Gasteiger partial charge < -0.3 is 10.6 Å². The van der Waals surface area contributed by atoms with E-state index in [2.05, 4.69) is 79.0 Å². The number of benzene rings is 2. The van der Waals surface area contributed by atoms with Crippen molar-refractivity contribution in [3.05, 3.63) is 115 Å². The SMILES string of the molecule is CC(=O)Nc1cc(-c2sc(-c3n[nH]c(Br)n3)c(-c3ccc(Cl)cc3Cl)c2C#N)ccn1.CC(=O)Nc1cc(-c2sc(-c3ncn[nH]3)c(-c3ccc(Cl)cc3Cl)c2C#N)ccn1. The summed E-state index contributed by atoms with van der Waals surface area (Å²) in [6, 6.07) is 21.8. The second-order valence-corrected chi connectivity index (χ2v) is 17.0. The highest BCUT2D eigenvalue weighted by atomic mass is 79.9. The molecule has 2 amide bonds. The minimum Gasteiger partial charge on any atom is -0.311 e. The number of rotatable bonds is 8. The molecule has 0 bridgehead atoms. The van der Waals surface area contributed by atoms with Crippen LogP contribution in [0.15, 0.2) is 84.1 Å². The summed E-state index contributed by atoms with van der Waals surface area (Å²) in [4.78, 5) is 42.5. The van der Waals surface area contributed by atoms with Crippen molar-refractivity contribution in [1.29, 1.82) is 10.5 Å². The lowest BCUT2D eigenvalue weighted by atomic mass is 9.98. The van der Waals surface area contributed by atoms with Gasteiger partial charge in [0, 0.05) is 68.6 Å². The van der Waals surface area contributed by atoms with E-state index < -0.39 is 0 Å². The van der Waals surface area contributed by atoms with Crippen molar-refractivity contribution in [3.8, 4) is 76.7 Å². The number of nitrogens with one attached hydrogen (secondary N) is 4. The van der Waals surface area contributed by atoms with Crippen LogP contribution in [0.4, 0.5) is 11.6 Å². The summed E-state index contributed by atoms with van der Waals surface area (Å²) in [6.45, 7) is 2.81. The fourth-order valence-corrected chi connectivity index (χ4v) is 9.67. The first-order chi connectivity index (χ1) is 29.3. The zero-order chi connectivity index (χ0) is 43.4. The highest BCUT2D eigenvalue weighted by molar-refractivity contribution is 9.10. The van der Waals surface area contributed by atoms with E-state index in [-0.39, 0.29) is 11.8 Å². The van der Waals surface area contributed by atoms with E-state index >= 15 is 0 Å². The van der Waals surface area contributed by atoms with Gasteiger partial charge >= 0.3 is 0 Å². The summed E-state index contributed by atoms with van der Waals surface area (Å²) in [6.07, 6.45) is 4.54. The van der Waals surface area contributed by atoms with Crippen molar-refractivity contribution < 1.29 is 9.59 Å². The van der Waals surface area contributed by atoms with Crippen molar-refractivity contribution in [1.82, 2.24) is 40.3 Å². The smallest absolute Gasteiger partial charge is 0.222 e. The summed E-state index contributed by atoms with van der Waals surface area (Å²) >= 11 is 31.1. The highest BCUT2D eigenvalue weighted by Crippen LogP contribution is 2.50. The summed E-state index contributed by atoms with van der Waals surface area (Å²) in [7, 11) is 0. The van der Waals surface area contributed by atoms with E-state index in [0.29, 0.717) is 107 Å². The number of thiophene rings is 2. The predicted octanol–water partition coefficient (Wildman–Crippen LogP) is 11.6. The molecule has 6 aromatic heterocycles. The largest absolute Gasteiger partial charge is 0.311 e. The minimum atomic E-state index is -0.240. The maximum absolute atomic E-state index is 11.4. The molecule has 0 aliphatic carbocycles. The highest BCUT2D eigenvalue weighted by Gasteiger charge is 2.27. The van der Waals surface area contributed by atoms with Crippen LogP contribution in [-0.4, -0.2) is 52.1 Å². The van der Waals surface area contributed by atoms with Gasteiger partial charge in [-0.2, -0.15) is 25.7 Å². The van der Waals surface area contributed by atoms with E-state index in [0.717, 1.165) is 5.56 Å². The molecule has 0 atom stereocenters. The van der Waals surface area contributed by atoms with Gasteiger partial charge in [0.15, 0.2) is 16.4 Å². The lowest BCUT2D eigenvalue weighted by Crippen LogP contribution is -2.07. The molecule has 8 rings (SSSR count). The number of anilines is 2. The Kier molecular flexibility index (Phi) is 13.2. The van der Waals surface area contributed by atoms with Crippen LogP contribution in [0.5, 0.6) is 0 Å². The van der Waals surface area contributed by atoms with Crippen LogP contribution in [0.3, 0.4) is 0 Å². The number of amides is 2. The molecule has 0 fully saturated rings. The van der Waals surface area contributed by atoms with Crippen LogP contribution in [0.2, 0.25) is 20.1 Å². The molecule has 2 aromatic carbocycles. The molecular weight excluding hydrogens is 966 g/mol. The Labute approximate surface area is 382 Å². The van der Waals surface area contributed by atoms with Crippen LogP contribution in [0.25, 0.3) is 64.5 Å². The Bertz CT molecular complexity index is 3060. The van der Waals surface area contributed by atoms with Crippen LogP contribution >= 0.6 is 85.0 Å². The van der Waals surface area contributed by atoms with Gasteiger partial charge in [0.05, 0.1) is 30.6 Å². The lowest BCUT2D eigenvalue weighted by molar-refractivity contribution is -0.115. The first-order valence-electron chi connectivity index (χ1n) is 17.3. The lowest BCUT2D eigenvalue weighted by Gasteiger charge is -2.07. The summed E-state index contributed by atoms with van der Waals surface area (Å²) in [5.41, 5.74) is 4.81. The number of H-pyrrole nitrogens is 2. The van der Waals surface area contributed by atoms with Gasteiger partial charge in [0.1, 0.15) is 30.1 Å². The van der Waals surface area contributed by atoms with Crippen LogP contribution in [0.1, 0.15) is 25.0 Å². The van der Waals surface area contributed by atoms with E-state index in [1.807, 2.05) is 0 Å². The zero-order valence-corrected chi connectivity index (χ0v) is 37.3. The number of hydrogen-bond donors (Lipinski definition) is 4. The van der Waals surface area contributed by atoms with E-state index in [4.69, 9.17) is 46.4 Å². The summed E-state index contributed by atoms with van der Waals surface area (Å²) < 4.78 is 0.459. The monoisotopic (exact) mass is 986 g/mol.